The van der Waals surface area contributed by atoms with Gasteiger partial charge in [-0.15, -0.1) is 0 Å². The fourth-order valence-corrected chi connectivity index (χ4v) is 2.59. The molecular formula is C14H10F2N4O5. The summed E-state index contributed by atoms with van der Waals surface area (Å²) in [5, 5.41) is 13.4. The average Bonchev–Trinajstić information content (AvgIpc) is 3.02. The van der Waals surface area contributed by atoms with Gasteiger partial charge in [0.1, 0.15) is 17.1 Å². The van der Waals surface area contributed by atoms with Gasteiger partial charge in [0.05, 0.1) is 17.4 Å². The third-order valence-electron chi connectivity index (χ3n) is 3.74. The van der Waals surface area contributed by atoms with E-state index in [2.05, 4.69) is 15.3 Å². The normalized spacial score (nSPS) is 17.4. The van der Waals surface area contributed by atoms with Crippen LogP contribution in [0.15, 0.2) is 6.33 Å². The van der Waals surface area contributed by atoms with Crippen LogP contribution in [-0.4, -0.2) is 44.8 Å². The molecule has 1 saturated heterocycles. The summed E-state index contributed by atoms with van der Waals surface area (Å²) in [7, 11) is 0. The van der Waals surface area contributed by atoms with Gasteiger partial charge in [0.25, 0.3) is 5.91 Å². The number of carbonyl (C=O) groups excluding carboxylic acids is 3. The summed E-state index contributed by atoms with van der Waals surface area (Å²) in [6.07, 6.45) is 0.940. The van der Waals surface area contributed by atoms with Gasteiger partial charge in [0, 0.05) is 6.42 Å². The number of rotatable bonds is 3. The highest BCUT2D eigenvalue weighted by Gasteiger charge is 2.33. The van der Waals surface area contributed by atoms with Crippen LogP contribution in [0.25, 0.3) is 11.0 Å². The Labute approximate surface area is 137 Å². The van der Waals surface area contributed by atoms with E-state index in [1.807, 2.05) is 5.32 Å². The molecule has 2 heterocycles. The van der Waals surface area contributed by atoms with Gasteiger partial charge in [-0.3, -0.25) is 19.7 Å². The minimum atomic E-state index is -1.86. The molecule has 11 heteroatoms. The Kier molecular flexibility index (Phi) is 3.91. The topological polar surface area (TPSA) is 141 Å². The standard InChI is InChI=1S/C14H10F2N4O5/c15-8-6(14(24)25)7(10-11(9(8)16)18-3-17-10)13(23)19-4-1-2-5(21)20-12(4)22/h3-4H,1-2H2,(H,17,18)(H,19,23)(H,24,25)(H,20,21,22). The highest BCUT2D eigenvalue weighted by molar-refractivity contribution is 6.14. The van der Waals surface area contributed by atoms with E-state index in [9.17, 15) is 28.0 Å². The molecule has 130 valence electrons. The van der Waals surface area contributed by atoms with Gasteiger partial charge in [-0.25, -0.2) is 18.6 Å². The molecule has 0 aliphatic carbocycles. The molecule has 4 N–H and O–H groups in total. The first kappa shape index (κ1) is 16.5. The van der Waals surface area contributed by atoms with Crippen molar-refractivity contribution in [2.45, 2.75) is 18.9 Å². The van der Waals surface area contributed by atoms with Crippen molar-refractivity contribution in [3.8, 4) is 0 Å². The van der Waals surface area contributed by atoms with Crippen molar-refractivity contribution >= 4 is 34.7 Å². The van der Waals surface area contributed by atoms with Crippen molar-refractivity contribution in [3.05, 3.63) is 29.1 Å². The zero-order valence-electron chi connectivity index (χ0n) is 12.4. The van der Waals surface area contributed by atoms with Crippen LogP contribution < -0.4 is 10.6 Å². The molecule has 1 aromatic carbocycles. The summed E-state index contributed by atoms with van der Waals surface area (Å²) >= 11 is 0. The van der Waals surface area contributed by atoms with Crippen molar-refractivity contribution < 1.29 is 33.1 Å². The van der Waals surface area contributed by atoms with Gasteiger partial charge in [-0.1, -0.05) is 0 Å². The van der Waals surface area contributed by atoms with Gasteiger partial charge in [0.2, 0.25) is 11.8 Å². The lowest BCUT2D eigenvalue weighted by atomic mass is 10.0. The number of fused-ring (bicyclic) bond motifs is 1. The maximum atomic E-state index is 14.1. The maximum Gasteiger partial charge on any atom is 0.339 e. The molecule has 1 aliphatic rings. The number of H-pyrrole nitrogens is 1. The molecule has 0 saturated carbocycles. The van der Waals surface area contributed by atoms with E-state index in [0.717, 1.165) is 6.33 Å². The van der Waals surface area contributed by atoms with E-state index in [4.69, 9.17) is 5.11 Å². The summed E-state index contributed by atoms with van der Waals surface area (Å²) < 4.78 is 28.0. The molecule has 1 atom stereocenters. The number of aromatic amines is 1. The first-order chi connectivity index (χ1) is 11.8. The van der Waals surface area contributed by atoms with Gasteiger partial charge in [-0.05, 0) is 6.42 Å². The number of aromatic nitrogens is 2. The number of imidazole rings is 1. The Morgan fingerprint density at radius 3 is 2.60 bits per heavy atom. The number of benzene rings is 1. The highest BCUT2D eigenvalue weighted by atomic mass is 19.2. The smallest absolute Gasteiger partial charge is 0.339 e. The number of amides is 3. The van der Waals surface area contributed by atoms with Crippen molar-refractivity contribution in [1.82, 2.24) is 20.6 Å². The van der Waals surface area contributed by atoms with Crippen LogP contribution in [0.2, 0.25) is 0 Å². The lowest BCUT2D eigenvalue weighted by Crippen LogP contribution is -2.52. The Bertz CT molecular complexity index is 939. The number of halogens is 2. The second-order valence-corrected chi connectivity index (χ2v) is 5.29. The van der Waals surface area contributed by atoms with Crippen LogP contribution in [0.3, 0.4) is 0 Å². The minimum Gasteiger partial charge on any atom is -0.478 e. The number of imide groups is 1. The molecule has 9 nitrogen and oxygen atoms in total. The van der Waals surface area contributed by atoms with E-state index in [-0.39, 0.29) is 18.4 Å². The predicted octanol–water partition coefficient (Wildman–Crippen LogP) is 0.0743. The summed E-state index contributed by atoms with van der Waals surface area (Å²) in [6.45, 7) is 0. The number of hydrogen-bond acceptors (Lipinski definition) is 5. The van der Waals surface area contributed by atoms with Crippen LogP contribution >= 0.6 is 0 Å². The number of carboxylic acids is 1. The second kappa shape index (κ2) is 5.92. The highest BCUT2D eigenvalue weighted by Crippen LogP contribution is 2.27. The molecule has 0 bridgehead atoms. The number of nitrogens with zero attached hydrogens (tertiary/aromatic N) is 1. The molecule has 1 aromatic heterocycles. The van der Waals surface area contributed by atoms with Crippen LogP contribution in [0.5, 0.6) is 0 Å². The van der Waals surface area contributed by atoms with E-state index >= 15 is 0 Å². The Morgan fingerprint density at radius 1 is 1.24 bits per heavy atom. The average molecular weight is 352 g/mol. The fraction of sp³-hybridized carbons (Fsp3) is 0.214. The number of carboxylic acid groups (broad SMARTS) is 1. The third-order valence-corrected chi connectivity index (χ3v) is 3.74. The summed E-state index contributed by atoms with van der Waals surface area (Å²) in [5.41, 5.74) is -2.74. The maximum absolute atomic E-state index is 14.1. The number of hydrogen-bond donors (Lipinski definition) is 4. The molecule has 0 radical (unpaired) electrons. The quantitative estimate of drug-likeness (QED) is 0.576. The van der Waals surface area contributed by atoms with Crippen LogP contribution in [0.1, 0.15) is 33.6 Å². The number of nitrogens with one attached hydrogen (secondary N) is 3. The molecule has 2 aromatic rings. The lowest BCUT2D eigenvalue weighted by Gasteiger charge is -2.22. The fourth-order valence-electron chi connectivity index (χ4n) is 2.59. The number of piperidine rings is 1. The molecule has 3 rings (SSSR count). The van der Waals surface area contributed by atoms with Crippen LogP contribution in [-0.2, 0) is 9.59 Å². The zero-order valence-corrected chi connectivity index (χ0v) is 12.4. The molecular weight excluding hydrogens is 342 g/mol. The van der Waals surface area contributed by atoms with E-state index < -0.39 is 58.0 Å². The third kappa shape index (κ3) is 2.69. The summed E-state index contributed by atoms with van der Waals surface area (Å²) in [5.74, 6) is -7.50. The van der Waals surface area contributed by atoms with E-state index in [1.54, 1.807) is 0 Å². The SMILES string of the molecule is O=C1CCC(NC(=O)c2c(C(=O)O)c(F)c(F)c3nc[nH]c23)C(=O)N1. The van der Waals surface area contributed by atoms with Crippen molar-refractivity contribution in [2.75, 3.05) is 0 Å². The van der Waals surface area contributed by atoms with Crippen molar-refractivity contribution in [3.63, 3.8) is 0 Å². The molecule has 1 aliphatic heterocycles. The van der Waals surface area contributed by atoms with E-state index in [1.165, 1.54) is 0 Å². The van der Waals surface area contributed by atoms with E-state index in [0.29, 0.717) is 0 Å². The Balaban J connectivity index is 2.07. The van der Waals surface area contributed by atoms with Gasteiger partial charge < -0.3 is 15.4 Å². The van der Waals surface area contributed by atoms with Gasteiger partial charge >= 0.3 is 5.97 Å². The number of carbonyl (C=O) groups is 4. The first-order valence-electron chi connectivity index (χ1n) is 7.03. The monoisotopic (exact) mass is 352 g/mol. The molecule has 0 spiro atoms. The van der Waals surface area contributed by atoms with Crippen molar-refractivity contribution in [1.29, 1.82) is 0 Å². The molecule has 1 fully saturated rings. The number of aromatic carboxylic acids is 1. The van der Waals surface area contributed by atoms with Gasteiger partial charge in [-0.2, -0.15) is 0 Å². The minimum absolute atomic E-state index is 0.00535. The Hall–Kier alpha value is -3.37. The second-order valence-electron chi connectivity index (χ2n) is 5.29. The molecule has 3 amide bonds. The lowest BCUT2D eigenvalue weighted by molar-refractivity contribution is -0.134. The van der Waals surface area contributed by atoms with Crippen LogP contribution in [0.4, 0.5) is 8.78 Å². The zero-order chi connectivity index (χ0) is 18.3. The summed E-state index contributed by atoms with van der Waals surface area (Å²) in [6, 6.07) is -1.11. The van der Waals surface area contributed by atoms with Crippen molar-refractivity contribution in [2.24, 2.45) is 0 Å². The Morgan fingerprint density at radius 2 is 1.96 bits per heavy atom. The summed E-state index contributed by atoms with van der Waals surface area (Å²) in [4.78, 5) is 52.5. The first-order valence-corrected chi connectivity index (χ1v) is 7.03. The largest absolute Gasteiger partial charge is 0.478 e. The predicted molar refractivity (Wildman–Crippen MR) is 76.6 cm³/mol. The van der Waals surface area contributed by atoms with Gasteiger partial charge in [0.15, 0.2) is 11.6 Å². The molecule has 25 heavy (non-hydrogen) atoms. The molecule has 1 unspecified atom stereocenters. The van der Waals surface area contributed by atoms with Crippen LogP contribution in [0, 0.1) is 11.6 Å².